The third-order valence-electron chi connectivity index (χ3n) is 4.15. The molecule has 0 spiro atoms. The van der Waals surface area contributed by atoms with Gasteiger partial charge in [-0.2, -0.15) is 11.8 Å². The van der Waals surface area contributed by atoms with Crippen LogP contribution in [0.2, 0.25) is 0 Å². The van der Waals surface area contributed by atoms with Crippen LogP contribution in [-0.4, -0.2) is 28.9 Å². The molecule has 1 aliphatic rings. The number of hydrogen-bond acceptors (Lipinski definition) is 3. The van der Waals surface area contributed by atoms with Crippen molar-refractivity contribution in [3.8, 4) is 0 Å². The molecule has 0 atom stereocenters. The normalized spacial score (nSPS) is 16.9. The smallest absolute Gasteiger partial charge is 0.233 e. The Hall–Kier alpha value is -0.290. The lowest BCUT2D eigenvalue weighted by Gasteiger charge is -2.32. The quantitative estimate of drug-likeness (QED) is 0.676. The second-order valence-corrected chi connectivity index (χ2v) is 7.38. The monoisotopic (exact) mass is 316 g/mol. The van der Waals surface area contributed by atoms with E-state index in [0.29, 0.717) is 10.9 Å². The van der Waals surface area contributed by atoms with Crippen molar-refractivity contribution < 1.29 is 4.79 Å². The van der Waals surface area contributed by atoms with Crippen molar-refractivity contribution >= 4 is 34.9 Å². The summed E-state index contributed by atoms with van der Waals surface area (Å²) in [5.74, 6) is 3.09. The van der Waals surface area contributed by atoms with Crippen LogP contribution >= 0.6 is 24.0 Å². The van der Waals surface area contributed by atoms with E-state index >= 15 is 0 Å². The highest BCUT2D eigenvalue weighted by atomic mass is 32.2. The van der Waals surface area contributed by atoms with Crippen molar-refractivity contribution in [1.82, 2.24) is 5.32 Å². The van der Waals surface area contributed by atoms with Gasteiger partial charge in [0.05, 0.1) is 10.4 Å². The van der Waals surface area contributed by atoms with Gasteiger partial charge in [0, 0.05) is 6.54 Å². The lowest BCUT2D eigenvalue weighted by molar-refractivity contribution is -0.128. The van der Waals surface area contributed by atoms with Crippen LogP contribution in [0.25, 0.3) is 0 Å². The lowest BCUT2D eigenvalue weighted by atomic mass is 9.78. The number of amides is 1. The Bertz CT molecular complexity index is 322. The molecule has 1 saturated heterocycles. The highest BCUT2D eigenvalue weighted by Crippen LogP contribution is 2.31. The molecule has 20 heavy (non-hydrogen) atoms. The van der Waals surface area contributed by atoms with Crippen molar-refractivity contribution in [1.29, 1.82) is 0 Å². The largest absolute Gasteiger partial charge is 0.392 e. The van der Waals surface area contributed by atoms with Crippen molar-refractivity contribution in [3.63, 3.8) is 0 Å². The van der Waals surface area contributed by atoms with Gasteiger partial charge in [0.1, 0.15) is 0 Å². The van der Waals surface area contributed by atoms with E-state index in [0.717, 1.165) is 32.2 Å². The number of thioether (sulfide) groups is 1. The maximum atomic E-state index is 12.6. The third kappa shape index (κ3) is 4.62. The van der Waals surface area contributed by atoms with Gasteiger partial charge in [0.2, 0.25) is 5.91 Å². The summed E-state index contributed by atoms with van der Waals surface area (Å²) >= 11 is 7.23. The fourth-order valence-corrected chi connectivity index (χ4v) is 4.42. The molecule has 0 bridgehead atoms. The molecular weight excluding hydrogens is 288 g/mol. The molecule has 116 valence electrons. The van der Waals surface area contributed by atoms with Gasteiger partial charge in [-0.25, -0.2) is 0 Å². The summed E-state index contributed by atoms with van der Waals surface area (Å²) in [5.41, 5.74) is 5.28. The minimum absolute atomic E-state index is 0.0481. The van der Waals surface area contributed by atoms with E-state index < -0.39 is 5.41 Å². The summed E-state index contributed by atoms with van der Waals surface area (Å²) in [5, 5.41) is 3.13. The number of nitrogens with one attached hydrogen (secondary N) is 1. The molecule has 5 heteroatoms. The second kappa shape index (κ2) is 8.88. The average molecular weight is 317 g/mol. The molecule has 1 rings (SSSR count). The number of hydrogen-bond donors (Lipinski definition) is 2. The molecule has 0 aromatic heterocycles. The summed E-state index contributed by atoms with van der Waals surface area (Å²) in [6, 6.07) is 0. The maximum Gasteiger partial charge on any atom is 0.233 e. The lowest BCUT2D eigenvalue weighted by Crippen LogP contribution is -2.50. The van der Waals surface area contributed by atoms with Gasteiger partial charge in [-0.3, -0.25) is 4.79 Å². The van der Waals surface area contributed by atoms with E-state index in [4.69, 9.17) is 18.0 Å². The van der Waals surface area contributed by atoms with Crippen LogP contribution in [0, 0.1) is 11.3 Å². The number of carbonyl (C=O) groups excluding carboxylic acids is 1. The highest BCUT2D eigenvalue weighted by molar-refractivity contribution is 7.99. The van der Waals surface area contributed by atoms with Gasteiger partial charge < -0.3 is 11.1 Å². The first kappa shape index (κ1) is 17.8. The standard InChI is InChI=1S/C15H28N2OS2/c1-3-7-15(8-4-2,13(16)19)14(18)17-11-12-5-9-20-10-6-12/h12H,3-11H2,1-2H3,(H2,16,19)(H,17,18). The predicted octanol–water partition coefficient (Wildman–Crippen LogP) is 3.12. The Morgan fingerprint density at radius 3 is 2.30 bits per heavy atom. The fourth-order valence-electron chi connectivity index (χ4n) is 2.92. The summed E-state index contributed by atoms with van der Waals surface area (Å²) in [4.78, 5) is 13.0. The Balaban J connectivity index is 2.64. The van der Waals surface area contributed by atoms with Gasteiger partial charge >= 0.3 is 0 Å². The summed E-state index contributed by atoms with van der Waals surface area (Å²) in [7, 11) is 0. The van der Waals surface area contributed by atoms with Crippen LogP contribution in [0.1, 0.15) is 52.4 Å². The van der Waals surface area contributed by atoms with E-state index in [1.54, 1.807) is 0 Å². The molecule has 0 aromatic rings. The van der Waals surface area contributed by atoms with E-state index in [2.05, 4.69) is 19.2 Å². The zero-order valence-electron chi connectivity index (χ0n) is 12.7. The Morgan fingerprint density at radius 1 is 1.30 bits per heavy atom. The molecule has 0 aliphatic carbocycles. The first-order valence-corrected chi connectivity index (χ1v) is 9.29. The molecule has 0 saturated carbocycles. The zero-order chi connectivity index (χ0) is 15.0. The van der Waals surface area contributed by atoms with Crippen LogP contribution in [0.3, 0.4) is 0 Å². The van der Waals surface area contributed by atoms with E-state index in [9.17, 15) is 4.79 Å². The van der Waals surface area contributed by atoms with Crippen molar-refractivity contribution in [2.75, 3.05) is 18.1 Å². The molecule has 0 radical (unpaired) electrons. The van der Waals surface area contributed by atoms with Gasteiger partial charge in [-0.05, 0) is 43.1 Å². The van der Waals surface area contributed by atoms with Gasteiger partial charge in [0.15, 0.2) is 0 Å². The van der Waals surface area contributed by atoms with Crippen molar-refractivity contribution in [3.05, 3.63) is 0 Å². The van der Waals surface area contributed by atoms with E-state index in [1.807, 2.05) is 11.8 Å². The van der Waals surface area contributed by atoms with Crippen LogP contribution in [-0.2, 0) is 4.79 Å². The van der Waals surface area contributed by atoms with Crippen molar-refractivity contribution in [2.45, 2.75) is 52.4 Å². The highest BCUT2D eigenvalue weighted by Gasteiger charge is 2.39. The van der Waals surface area contributed by atoms with Gasteiger partial charge in [-0.1, -0.05) is 38.9 Å². The Morgan fingerprint density at radius 2 is 1.85 bits per heavy atom. The number of nitrogens with two attached hydrogens (primary N) is 1. The first-order valence-electron chi connectivity index (χ1n) is 7.72. The molecule has 3 nitrogen and oxygen atoms in total. The van der Waals surface area contributed by atoms with Crippen LogP contribution < -0.4 is 11.1 Å². The number of thiocarbonyl (C=S) groups is 1. The molecule has 0 aromatic carbocycles. The summed E-state index contributed by atoms with van der Waals surface area (Å²) < 4.78 is 0. The summed E-state index contributed by atoms with van der Waals surface area (Å²) in [6.07, 6.45) is 5.75. The third-order valence-corrected chi connectivity index (χ3v) is 5.59. The molecule has 1 fully saturated rings. The molecule has 1 heterocycles. The minimum atomic E-state index is -0.637. The SMILES string of the molecule is CCCC(CCC)(C(=O)NCC1CCSCC1)C(N)=S. The molecule has 0 unspecified atom stereocenters. The zero-order valence-corrected chi connectivity index (χ0v) is 14.4. The topological polar surface area (TPSA) is 55.1 Å². The first-order chi connectivity index (χ1) is 9.56. The van der Waals surface area contributed by atoms with Crippen molar-refractivity contribution in [2.24, 2.45) is 17.1 Å². The molecular formula is C15H28N2OS2. The molecule has 3 N–H and O–H groups in total. The second-order valence-electron chi connectivity index (χ2n) is 5.71. The number of carbonyl (C=O) groups is 1. The minimum Gasteiger partial charge on any atom is -0.392 e. The van der Waals surface area contributed by atoms with Crippen LogP contribution in [0.5, 0.6) is 0 Å². The average Bonchev–Trinajstić information content (AvgIpc) is 2.45. The summed E-state index contributed by atoms with van der Waals surface area (Å²) in [6.45, 7) is 4.93. The predicted molar refractivity (Wildman–Crippen MR) is 92.1 cm³/mol. The fraction of sp³-hybridized carbons (Fsp3) is 0.867. The van der Waals surface area contributed by atoms with E-state index in [-0.39, 0.29) is 5.91 Å². The molecule has 1 amide bonds. The Labute approximate surface area is 132 Å². The number of rotatable bonds is 8. The van der Waals surface area contributed by atoms with E-state index in [1.165, 1.54) is 24.3 Å². The van der Waals surface area contributed by atoms with Crippen LogP contribution in [0.4, 0.5) is 0 Å². The molecule has 1 aliphatic heterocycles. The van der Waals surface area contributed by atoms with Crippen LogP contribution in [0.15, 0.2) is 0 Å². The van der Waals surface area contributed by atoms with Gasteiger partial charge in [0.25, 0.3) is 0 Å². The van der Waals surface area contributed by atoms with Gasteiger partial charge in [-0.15, -0.1) is 0 Å². The Kier molecular flexibility index (Phi) is 7.88. The maximum absolute atomic E-state index is 12.6.